The number of hydrogen-bond donors (Lipinski definition) is 1. The van der Waals surface area contributed by atoms with E-state index in [4.69, 9.17) is 0 Å². The van der Waals surface area contributed by atoms with Gasteiger partial charge in [-0.1, -0.05) is 6.92 Å². The van der Waals surface area contributed by atoms with E-state index in [1.807, 2.05) is 10.8 Å². The minimum absolute atomic E-state index is 0.0362. The summed E-state index contributed by atoms with van der Waals surface area (Å²) in [5.41, 5.74) is 0.0362. The van der Waals surface area contributed by atoms with Crippen LogP contribution in [-0.4, -0.2) is 9.55 Å². The Balaban J connectivity index is 2.21. The quantitative estimate of drug-likeness (QED) is 0.675. The zero-order chi connectivity index (χ0) is 8.55. The van der Waals surface area contributed by atoms with Gasteiger partial charge in [0.15, 0.2) is 0 Å². The Kier molecular flexibility index (Phi) is 1.79. The molecular formula is C9H14N2O. The summed E-state index contributed by atoms with van der Waals surface area (Å²) in [6, 6.07) is 0.443. The van der Waals surface area contributed by atoms with E-state index in [-0.39, 0.29) is 5.69 Å². The maximum Gasteiger partial charge on any atom is 0.325 e. The lowest BCUT2D eigenvalue weighted by molar-refractivity contribution is 0.482. The summed E-state index contributed by atoms with van der Waals surface area (Å²) in [6.07, 6.45) is 7.12. The number of rotatable bonds is 1. The van der Waals surface area contributed by atoms with E-state index >= 15 is 0 Å². The topological polar surface area (TPSA) is 37.8 Å². The van der Waals surface area contributed by atoms with E-state index in [1.165, 1.54) is 6.42 Å². The first-order chi connectivity index (χ1) is 5.77. The summed E-state index contributed by atoms with van der Waals surface area (Å²) in [6.45, 7) is 2.25. The van der Waals surface area contributed by atoms with Gasteiger partial charge in [0.25, 0.3) is 0 Å². The van der Waals surface area contributed by atoms with E-state index < -0.39 is 0 Å². The van der Waals surface area contributed by atoms with Crippen molar-refractivity contribution in [3.8, 4) is 0 Å². The second-order valence-corrected chi connectivity index (χ2v) is 3.74. The number of aromatic amines is 1. The molecule has 1 aliphatic rings. The van der Waals surface area contributed by atoms with Crippen molar-refractivity contribution in [3.63, 3.8) is 0 Å². The molecule has 1 fully saturated rings. The van der Waals surface area contributed by atoms with Crippen LogP contribution in [0.15, 0.2) is 17.2 Å². The highest BCUT2D eigenvalue weighted by molar-refractivity contribution is 4.85. The molecule has 0 bridgehead atoms. The van der Waals surface area contributed by atoms with E-state index in [0.717, 1.165) is 18.8 Å². The minimum Gasteiger partial charge on any atom is -0.313 e. The van der Waals surface area contributed by atoms with Crippen molar-refractivity contribution >= 4 is 0 Å². The molecule has 0 amide bonds. The molecule has 0 aromatic carbocycles. The Labute approximate surface area is 71.4 Å². The molecule has 1 aromatic rings. The molecule has 0 spiro atoms. The average molecular weight is 166 g/mol. The molecule has 1 N–H and O–H groups in total. The predicted molar refractivity (Wildman–Crippen MR) is 47.1 cm³/mol. The maximum absolute atomic E-state index is 11.2. The molecule has 3 nitrogen and oxygen atoms in total. The van der Waals surface area contributed by atoms with E-state index in [0.29, 0.717) is 6.04 Å². The lowest BCUT2D eigenvalue weighted by atomic mass is 10.1. The fourth-order valence-electron chi connectivity index (χ4n) is 2.05. The Hall–Kier alpha value is -0.990. The third-order valence-electron chi connectivity index (χ3n) is 2.74. The van der Waals surface area contributed by atoms with Gasteiger partial charge in [-0.25, -0.2) is 4.79 Å². The van der Waals surface area contributed by atoms with Crippen LogP contribution in [0.3, 0.4) is 0 Å². The summed E-state index contributed by atoms with van der Waals surface area (Å²) in [7, 11) is 0. The van der Waals surface area contributed by atoms with Crippen LogP contribution in [0.5, 0.6) is 0 Å². The average Bonchev–Trinajstić information content (AvgIpc) is 2.58. The molecule has 2 unspecified atom stereocenters. The van der Waals surface area contributed by atoms with Crippen molar-refractivity contribution in [3.05, 3.63) is 22.9 Å². The van der Waals surface area contributed by atoms with Crippen LogP contribution in [0, 0.1) is 5.92 Å². The van der Waals surface area contributed by atoms with Crippen LogP contribution in [-0.2, 0) is 0 Å². The van der Waals surface area contributed by atoms with Gasteiger partial charge in [0.1, 0.15) is 0 Å². The summed E-state index contributed by atoms with van der Waals surface area (Å²) < 4.78 is 1.82. The highest BCUT2D eigenvalue weighted by Crippen LogP contribution is 2.32. The zero-order valence-electron chi connectivity index (χ0n) is 7.29. The zero-order valence-corrected chi connectivity index (χ0v) is 7.29. The normalized spacial score (nSPS) is 29.4. The summed E-state index contributed by atoms with van der Waals surface area (Å²) >= 11 is 0. The van der Waals surface area contributed by atoms with Gasteiger partial charge in [-0.3, -0.25) is 4.57 Å². The van der Waals surface area contributed by atoms with E-state index in [2.05, 4.69) is 11.9 Å². The highest BCUT2D eigenvalue weighted by Gasteiger charge is 2.23. The number of nitrogens with one attached hydrogen (secondary N) is 1. The minimum atomic E-state index is 0.0362. The van der Waals surface area contributed by atoms with E-state index in [1.54, 1.807) is 6.20 Å². The third-order valence-corrected chi connectivity index (χ3v) is 2.74. The number of hydrogen-bond acceptors (Lipinski definition) is 1. The van der Waals surface area contributed by atoms with Crippen LogP contribution in [0.1, 0.15) is 32.2 Å². The maximum atomic E-state index is 11.2. The van der Waals surface area contributed by atoms with Crippen molar-refractivity contribution < 1.29 is 0 Å². The summed E-state index contributed by atoms with van der Waals surface area (Å²) in [4.78, 5) is 13.9. The van der Waals surface area contributed by atoms with Crippen molar-refractivity contribution in [2.75, 3.05) is 0 Å². The van der Waals surface area contributed by atoms with Crippen molar-refractivity contribution in [1.29, 1.82) is 0 Å². The first-order valence-corrected chi connectivity index (χ1v) is 4.53. The Morgan fingerprint density at radius 3 is 2.92 bits per heavy atom. The molecule has 1 heterocycles. The summed E-state index contributed by atoms with van der Waals surface area (Å²) in [5.74, 6) is 0.775. The van der Waals surface area contributed by atoms with Gasteiger partial charge in [-0.05, 0) is 25.2 Å². The number of nitrogens with zero attached hydrogens (tertiary/aromatic N) is 1. The van der Waals surface area contributed by atoms with Gasteiger partial charge in [-0.15, -0.1) is 0 Å². The van der Waals surface area contributed by atoms with E-state index in [9.17, 15) is 4.79 Å². The molecular weight excluding hydrogens is 152 g/mol. The molecule has 1 saturated carbocycles. The second kappa shape index (κ2) is 2.81. The van der Waals surface area contributed by atoms with Crippen LogP contribution < -0.4 is 5.69 Å². The Morgan fingerprint density at radius 2 is 2.42 bits per heavy atom. The van der Waals surface area contributed by atoms with Gasteiger partial charge < -0.3 is 4.98 Å². The standard InChI is InChI=1S/C9H14N2O/c1-7-2-3-8(6-7)11-5-4-10-9(11)12/h4-5,7-8H,2-3,6H2,1H3,(H,10,12). The Morgan fingerprint density at radius 1 is 1.58 bits per heavy atom. The molecule has 0 aliphatic heterocycles. The van der Waals surface area contributed by atoms with Gasteiger partial charge >= 0.3 is 5.69 Å². The van der Waals surface area contributed by atoms with Crippen LogP contribution >= 0.6 is 0 Å². The molecule has 0 radical (unpaired) electrons. The smallest absolute Gasteiger partial charge is 0.313 e. The molecule has 2 rings (SSSR count). The molecule has 0 saturated heterocycles. The lowest BCUT2D eigenvalue weighted by Gasteiger charge is -2.08. The lowest BCUT2D eigenvalue weighted by Crippen LogP contribution is -2.19. The van der Waals surface area contributed by atoms with Crippen molar-refractivity contribution in [2.24, 2.45) is 5.92 Å². The SMILES string of the molecule is CC1CCC(n2cc[nH]c2=O)C1. The van der Waals surface area contributed by atoms with Crippen LogP contribution in [0.2, 0.25) is 0 Å². The van der Waals surface area contributed by atoms with Crippen molar-refractivity contribution in [2.45, 2.75) is 32.2 Å². The molecule has 12 heavy (non-hydrogen) atoms. The molecule has 66 valence electrons. The number of aromatic nitrogens is 2. The predicted octanol–water partition coefficient (Wildman–Crippen LogP) is 1.54. The van der Waals surface area contributed by atoms with Crippen LogP contribution in [0.25, 0.3) is 0 Å². The first kappa shape index (κ1) is 7.65. The highest BCUT2D eigenvalue weighted by atomic mass is 16.1. The largest absolute Gasteiger partial charge is 0.325 e. The number of H-pyrrole nitrogens is 1. The summed E-state index contributed by atoms with van der Waals surface area (Å²) in [5, 5.41) is 0. The van der Waals surface area contributed by atoms with Crippen LogP contribution in [0.4, 0.5) is 0 Å². The Bertz CT molecular complexity index is 312. The monoisotopic (exact) mass is 166 g/mol. The van der Waals surface area contributed by atoms with Crippen molar-refractivity contribution in [1.82, 2.24) is 9.55 Å². The fraction of sp³-hybridized carbons (Fsp3) is 0.667. The second-order valence-electron chi connectivity index (χ2n) is 3.74. The molecule has 1 aliphatic carbocycles. The third kappa shape index (κ3) is 1.19. The van der Waals surface area contributed by atoms with Gasteiger partial charge in [0, 0.05) is 18.4 Å². The van der Waals surface area contributed by atoms with Gasteiger partial charge in [0.2, 0.25) is 0 Å². The fourth-order valence-corrected chi connectivity index (χ4v) is 2.05. The first-order valence-electron chi connectivity index (χ1n) is 4.53. The number of imidazole rings is 1. The molecule has 3 heteroatoms. The van der Waals surface area contributed by atoms with Gasteiger partial charge in [0.05, 0.1) is 0 Å². The molecule has 1 aromatic heterocycles. The van der Waals surface area contributed by atoms with Gasteiger partial charge in [-0.2, -0.15) is 0 Å². The molecule has 2 atom stereocenters.